The van der Waals surface area contributed by atoms with Gasteiger partial charge in [0.25, 0.3) is 0 Å². The lowest BCUT2D eigenvalue weighted by molar-refractivity contribution is -0.142. The van der Waals surface area contributed by atoms with Crippen LogP contribution in [0.25, 0.3) is 10.9 Å². The topological polar surface area (TPSA) is 41.8 Å². The molecule has 1 aromatic heterocycles. The minimum Gasteiger partial charge on any atom is -0.361 e. The average Bonchev–Trinajstić information content (AvgIpc) is 2.69. The molecular formula is C12H10F6N2. The number of alkyl halides is 6. The molecule has 3 N–H and O–H groups in total. The van der Waals surface area contributed by atoms with E-state index in [4.69, 9.17) is 5.73 Å². The van der Waals surface area contributed by atoms with Crippen LogP contribution >= 0.6 is 0 Å². The molecule has 1 heterocycles. The number of nitrogens with two attached hydrogens (primary N) is 1. The highest BCUT2D eigenvalue weighted by Crippen LogP contribution is 2.40. The Morgan fingerprint density at radius 2 is 1.65 bits per heavy atom. The zero-order valence-corrected chi connectivity index (χ0v) is 9.99. The van der Waals surface area contributed by atoms with E-state index in [0.29, 0.717) is 6.07 Å². The van der Waals surface area contributed by atoms with Crippen LogP contribution in [0, 0.1) is 0 Å². The Balaban J connectivity index is 2.77. The van der Waals surface area contributed by atoms with E-state index in [1.54, 1.807) is 0 Å². The maximum absolute atomic E-state index is 13.0. The summed E-state index contributed by atoms with van der Waals surface area (Å²) in [5.41, 5.74) is 2.71. The van der Waals surface area contributed by atoms with E-state index in [-0.39, 0.29) is 35.5 Å². The molecule has 8 heteroatoms. The van der Waals surface area contributed by atoms with Crippen molar-refractivity contribution in [2.75, 3.05) is 6.54 Å². The van der Waals surface area contributed by atoms with Crippen LogP contribution in [0.4, 0.5) is 26.3 Å². The van der Waals surface area contributed by atoms with Crippen LogP contribution in [0.1, 0.15) is 16.7 Å². The molecule has 2 nitrogen and oxygen atoms in total. The third-order valence-corrected chi connectivity index (χ3v) is 2.91. The van der Waals surface area contributed by atoms with Gasteiger partial charge in [0.15, 0.2) is 0 Å². The zero-order valence-electron chi connectivity index (χ0n) is 9.99. The van der Waals surface area contributed by atoms with Gasteiger partial charge in [-0.05, 0) is 30.7 Å². The second kappa shape index (κ2) is 4.69. The normalized spacial score (nSPS) is 13.2. The standard InChI is InChI=1S/C12H10F6N2/c13-11(14,15)7-3-8(12(16,17)18)10-6(1-2-19)5-20-9(10)4-7/h3-5,20H,1-2,19H2. The number of aromatic amines is 1. The van der Waals surface area contributed by atoms with Crippen LogP contribution in [0.2, 0.25) is 0 Å². The van der Waals surface area contributed by atoms with Gasteiger partial charge in [0.1, 0.15) is 0 Å². The van der Waals surface area contributed by atoms with Crippen molar-refractivity contribution in [1.82, 2.24) is 4.98 Å². The molecule has 0 aliphatic rings. The predicted octanol–water partition coefficient (Wildman–Crippen LogP) is 3.71. The predicted molar refractivity (Wildman–Crippen MR) is 61.1 cm³/mol. The van der Waals surface area contributed by atoms with Gasteiger partial charge in [0, 0.05) is 17.1 Å². The largest absolute Gasteiger partial charge is 0.417 e. The Bertz CT molecular complexity index is 623. The highest BCUT2D eigenvalue weighted by molar-refractivity contribution is 5.88. The van der Waals surface area contributed by atoms with Crippen molar-refractivity contribution in [3.8, 4) is 0 Å². The summed E-state index contributed by atoms with van der Waals surface area (Å²) in [4.78, 5) is 2.44. The van der Waals surface area contributed by atoms with Gasteiger partial charge < -0.3 is 10.7 Å². The second-order valence-electron chi connectivity index (χ2n) is 4.29. The smallest absolute Gasteiger partial charge is 0.361 e. The van der Waals surface area contributed by atoms with Gasteiger partial charge in [-0.25, -0.2) is 0 Å². The molecule has 2 aromatic rings. The Hall–Kier alpha value is -1.70. The molecule has 20 heavy (non-hydrogen) atoms. The van der Waals surface area contributed by atoms with Gasteiger partial charge in [-0.2, -0.15) is 26.3 Å². The van der Waals surface area contributed by atoms with Crippen LogP contribution in [0.15, 0.2) is 18.3 Å². The lowest BCUT2D eigenvalue weighted by atomic mass is 10.0. The highest BCUT2D eigenvalue weighted by Gasteiger charge is 2.38. The summed E-state index contributed by atoms with van der Waals surface area (Å²) in [7, 11) is 0. The Morgan fingerprint density at radius 1 is 1.00 bits per heavy atom. The minimum absolute atomic E-state index is 0.102. The van der Waals surface area contributed by atoms with Crippen LogP contribution in [0.5, 0.6) is 0 Å². The summed E-state index contributed by atoms with van der Waals surface area (Å²) in [6.45, 7) is 0.102. The van der Waals surface area contributed by atoms with Crippen molar-refractivity contribution in [2.24, 2.45) is 5.73 Å². The molecular weight excluding hydrogens is 286 g/mol. The fourth-order valence-electron chi connectivity index (χ4n) is 2.08. The first-order valence-electron chi connectivity index (χ1n) is 5.63. The molecule has 0 amide bonds. The molecule has 1 aromatic carbocycles. The van der Waals surface area contributed by atoms with Crippen LogP contribution in [-0.2, 0) is 18.8 Å². The SMILES string of the molecule is NCCc1c[nH]c2cc(C(F)(F)F)cc(C(F)(F)F)c12. The van der Waals surface area contributed by atoms with E-state index in [1.165, 1.54) is 6.20 Å². The fourth-order valence-corrected chi connectivity index (χ4v) is 2.08. The first kappa shape index (κ1) is 14.7. The summed E-state index contributed by atoms with van der Waals surface area (Å²) >= 11 is 0. The first-order valence-corrected chi connectivity index (χ1v) is 5.63. The molecule has 0 saturated carbocycles. The number of H-pyrrole nitrogens is 1. The maximum Gasteiger partial charge on any atom is 0.417 e. The van der Waals surface area contributed by atoms with Crippen LogP contribution < -0.4 is 5.73 Å². The second-order valence-corrected chi connectivity index (χ2v) is 4.29. The summed E-state index contributed by atoms with van der Waals surface area (Å²) in [6, 6.07) is 0.806. The molecule has 0 fully saturated rings. The van der Waals surface area contributed by atoms with Gasteiger partial charge in [0.05, 0.1) is 11.1 Å². The number of halogens is 6. The Kier molecular flexibility index (Phi) is 3.45. The number of aromatic nitrogens is 1. The molecule has 0 atom stereocenters. The van der Waals surface area contributed by atoms with Gasteiger partial charge in [0.2, 0.25) is 0 Å². The van der Waals surface area contributed by atoms with Gasteiger partial charge >= 0.3 is 12.4 Å². The molecule has 0 aliphatic heterocycles. The van der Waals surface area contributed by atoms with Crippen molar-refractivity contribution in [3.05, 3.63) is 35.0 Å². The monoisotopic (exact) mass is 296 g/mol. The fraction of sp³-hybridized carbons (Fsp3) is 0.333. The summed E-state index contributed by atoms with van der Waals surface area (Å²) in [6.07, 6.45) is -8.31. The van der Waals surface area contributed by atoms with Crippen molar-refractivity contribution in [2.45, 2.75) is 18.8 Å². The van der Waals surface area contributed by atoms with E-state index >= 15 is 0 Å². The molecule has 0 bridgehead atoms. The van der Waals surface area contributed by atoms with Gasteiger partial charge in [-0.3, -0.25) is 0 Å². The lowest BCUT2D eigenvalue weighted by Gasteiger charge is -2.14. The van der Waals surface area contributed by atoms with Gasteiger partial charge in [-0.1, -0.05) is 0 Å². The number of hydrogen-bond donors (Lipinski definition) is 2. The Labute approximate surface area is 109 Å². The summed E-state index contributed by atoms with van der Waals surface area (Å²) in [5.74, 6) is 0. The molecule has 2 rings (SSSR count). The lowest BCUT2D eigenvalue weighted by Crippen LogP contribution is -2.12. The zero-order chi connectivity index (χ0) is 15.1. The average molecular weight is 296 g/mol. The third-order valence-electron chi connectivity index (χ3n) is 2.91. The van der Waals surface area contributed by atoms with Crippen molar-refractivity contribution < 1.29 is 26.3 Å². The maximum atomic E-state index is 13.0. The Morgan fingerprint density at radius 3 is 2.15 bits per heavy atom. The highest BCUT2D eigenvalue weighted by atomic mass is 19.4. The van der Waals surface area contributed by atoms with E-state index in [0.717, 1.165) is 0 Å². The van der Waals surface area contributed by atoms with Crippen molar-refractivity contribution in [3.63, 3.8) is 0 Å². The van der Waals surface area contributed by atoms with E-state index in [9.17, 15) is 26.3 Å². The van der Waals surface area contributed by atoms with Crippen molar-refractivity contribution >= 4 is 10.9 Å². The number of nitrogens with one attached hydrogen (secondary N) is 1. The minimum atomic E-state index is -4.87. The quantitative estimate of drug-likeness (QED) is 0.815. The molecule has 0 aliphatic carbocycles. The van der Waals surface area contributed by atoms with E-state index in [1.807, 2.05) is 0 Å². The number of fused-ring (bicyclic) bond motifs is 1. The molecule has 0 spiro atoms. The van der Waals surface area contributed by atoms with Crippen LogP contribution in [-0.4, -0.2) is 11.5 Å². The van der Waals surface area contributed by atoms with E-state index in [2.05, 4.69) is 4.98 Å². The van der Waals surface area contributed by atoms with Crippen molar-refractivity contribution in [1.29, 1.82) is 0 Å². The third kappa shape index (κ3) is 2.60. The number of hydrogen-bond acceptors (Lipinski definition) is 1. The van der Waals surface area contributed by atoms with Crippen LogP contribution in [0.3, 0.4) is 0 Å². The number of rotatable bonds is 2. The number of benzene rings is 1. The molecule has 0 unspecified atom stereocenters. The molecule has 0 radical (unpaired) electrons. The van der Waals surface area contributed by atoms with E-state index < -0.39 is 23.5 Å². The molecule has 0 saturated heterocycles. The summed E-state index contributed by atoms with van der Waals surface area (Å²) in [5, 5.41) is -0.254. The first-order chi connectivity index (χ1) is 9.14. The molecule has 110 valence electrons. The summed E-state index contributed by atoms with van der Waals surface area (Å²) < 4.78 is 76.8. The van der Waals surface area contributed by atoms with Gasteiger partial charge in [-0.15, -0.1) is 0 Å².